The fourth-order valence-corrected chi connectivity index (χ4v) is 3.56. The molecule has 1 aliphatic rings. The van der Waals surface area contributed by atoms with E-state index in [1.165, 1.54) is 16.7 Å². The van der Waals surface area contributed by atoms with Crippen LogP contribution in [0, 0.1) is 0 Å². The molecule has 3 aromatic carbocycles. The van der Waals surface area contributed by atoms with Crippen LogP contribution in [-0.4, -0.2) is 17.8 Å². The van der Waals surface area contributed by atoms with Crippen molar-refractivity contribution < 1.29 is 0 Å². The summed E-state index contributed by atoms with van der Waals surface area (Å²) in [5.41, 5.74) is 4.93. The van der Waals surface area contributed by atoms with Gasteiger partial charge >= 0.3 is 0 Å². The van der Waals surface area contributed by atoms with Crippen LogP contribution >= 0.6 is 0 Å². The minimum absolute atomic E-state index is 0.212. The molecule has 0 N–H and O–H groups in total. The fraction of sp³-hybridized carbons (Fsp3) is 0.136. The Kier molecular flexibility index (Phi) is 3.87. The van der Waals surface area contributed by atoms with Gasteiger partial charge < -0.3 is 0 Å². The minimum Gasteiger partial charge on any atom is -0.291 e. The minimum atomic E-state index is 0.212. The molecule has 0 unspecified atom stereocenters. The van der Waals surface area contributed by atoms with Crippen molar-refractivity contribution in [1.29, 1.82) is 0 Å². The van der Waals surface area contributed by atoms with Gasteiger partial charge in [0.05, 0.1) is 17.7 Å². The van der Waals surface area contributed by atoms with Crippen molar-refractivity contribution in [3.63, 3.8) is 0 Å². The average Bonchev–Trinajstić information content (AvgIpc) is 3.01. The van der Waals surface area contributed by atoms with Gasteiger partial charge in [-0.15, -0.1) is 0 Å². The summed E-state index contributed by atoms with van der Waals surface area (Å²) in [6, 6.07) is 32.1. The van der Waals surface area contributed by atoms with E-state index in [0.29, 0.717) is 0 Å². The van der Waals surface area contributed by atoms with Crippen LogP contribution in [0.1, 0.15) is 28.7 Å². The van der Waals surface area contributed by atoms with Crippen LogP contribution < -0.4 is 0 Å². The van der Waals surface area contributed by atoms with Gasteiger partial charge in [0, 0.05) is 7.05 Å². The highest BCUT2D eigenvalue weighted by Gasteiger charge is 2.38. The molecule has 3 aromatic rings. The van der Waals surface area contributed by atoms with E-state index in [0.717, 1.165) is 5.71 Å². The third-order valence-electron chi connectivity index (χ3n) is 4.65. The molecule has 0 saturated heterocycles. The zero-order valence-corrected chi connectivity index (χ0v) is 13.7. The van der Waals surface area contributed by atoms with Gasteiger partial charge in [0.2, 0.25) is 0 Å². The molecule has 24 heavy (non-hydrogen) atoms. The second kappa shape index (κ2) is 6.32. The summed E-state index contributed by atoms with van der Waals surface area (Å²) in [4.78, 5) is 0. The van der Waals surface area contributed by atoms with Crippen LogP contribution in [0.4, 0.5) is 0 Å². The third kappa shape index (κ3) is 2.61. The largest absolute Gasteiger partial charge is 0.291 e. The molecule has 0 spiro atoms. The summed E-state index contributed by atoms with van der Waals surface area (Å²) < 4.78 is 0. The highest BCUT2D eigenvalue weighted by atomic mass is 15.5. The van der Waals surface area contributed by atoms with Crippen LogP contribution in [0.2, 0.25) is 0 Å². The highest BCUT2D eigenvalue weighted by Crippen LogP contribution is 2.42. The first-order valence-electron chi connectivity index (χ1n) is 8.31. The number of hydrogen-bond acceptors (Lipinski definition) is 2. The maximum atomic E-state index is 4.92. The van der Waals surface area contributed by atoms with Crippen LogP contribution in [0.25, 0.3) is 0 Å². The van der Waals surface area contributed by atoms with E-state index < -0.39 is 0 Å². The number of hydrogen-bond donors (Lipinski definition) is 0. The number of likely N-dealkylation sites (N-methyl/N-ethyl adjacent to an activating group) is 1. The molecule has 0 amide bonds. The van der Waals surface area contributed by atoms with Gasteiger partial charge in [-0.1, -0.05) is 91.0 Å². The van der Waals surface area contributed by atoms with Crippen molar-refractivity contribution in [2.45, 2.75) is 12.0 Å². The number of benzene rings is 3. The summed E-state index contributed by atoms with van der Waals surface area (Å²) in [5.74, 6) is 0.223. The van der Waals surface area contributed by atoms with Crippen molar-refractivity contribution in [1.82, 2.24) is 5.01 Å². The van der Waals surface area contributed by atoms with Crippen LogP contribution in [0.15, 0.2) is 96.1 Å². The molecule has 0 aromatic heterocycles. The Morgan fingerprint density at radius 1 is 0.667 bits per heavy atom. The first-order chi connectivity index (χ1) is 11.8. The van der Waals surface area contributed by atoms with E-state index in [9.17, 15) is 0 Å². The van der Waals surface area contributed by atoms with E-state index in [1.807, 2.05) is 0 Å². The monoisotopic (exact) mass is 312 g/mol. The Labute approximate surface area is 143 Å². The van der Waals surface area contributed by atoms with Crippen LogP contribution in [0.3, 0.4) is 0 Å². The molecule has 0 fully saturated rings. The Morgan fingerprint density at radius 2 is 1.17 bits per heavy atom. The fourth-order valence-electron chi connectivity index (χ4n) is 3.56. The molecule has 2 atom stereocenters. The second-order valence-electron chi connectivity index (χ2n) is 6.17. The second-order valence-corrected chi connectivity index (χ2v) is 6.17. The molecule has 118 valence electrons. The van der Waals surface area contributed by atoms with Gasteiger partial charge in [0.25, 0.3) is 0 Å². The molecular weight excluding hydrogens is 292 g/mol. The Bertz CT molecular complexity index is 826. The van der Waals surface area contributed by atoms with Crippen molar-refractivity contribution >= 4 is 5.71 Å². The molecule has 1 heterocycles. The number of rotatable bonds is 3. The summed E-state index contributed by atoms with van der Waals surface area (Å²) >= 11 is 0. The van der Waals surface area contributed by atoms with Gasteiger partial charge in [0.1, 0.15) is 0 Å². The molecule has 0 radical (unpaired) electrons. The third-order valence-corrected chi connectivity index (χ3v) is 4.65. The quantitative estimate of drug-likeness (QED) is 0.674. The first-order valence-corrected chi connectivity index (χ1v) is 8.31. The molecule has 4 rings (SSSR count). The lowest BCUT2D eigenvalue weighted by Crippen LogP contribution is -2.22. The normalized spacial score (nSPS) is 20.0. The lowest BCUT2D eigenvalue weighted by molar-refractivity contribution is 0.274. The lowest BCUT2D eigenvalue weighted by atomic mass is 9.82. The Balaban J connectivity index is 1.84. The van der Waals surface area contributed by atoms with E-state index in [2.05, 4.69) is 103 Å². The van der Waals surface area contributed by atoms with E-state index in [1.54, 1.807) is 0 Å². The predicted molar refractivity (Wildman–Crippen MR) is 99.1 cm³/mol. The molecular formula is C22H20N2. The average molecular weight is 312 g/mol. The van der Waals surface area contributed by atoms with E-state index >= 15 is 0 Å². The van der Waals surface area contributed by atoms with Crippen LogP contribution in [0.5, 0.6) is 0 Å². The smallest absolute Gasteiger partial charge is 0.0842 e. The number of hydrazone groups is 1. The van der Waals surface area contributed by atoms with Crippen molar-refractivity contribution in [2.75, 3.05) is 7.05 Å². The maximum Gasteiger partial charge on any atom is 0.0842 e. The lowest BCUT2D eigenvalue weighted by Gasteiger charge is -2.26. The molecule has 1 aliphatic heterocycles. The van der Waals surface area contributed by atoms with Crippen molar-refractivity contribution in [3.05, 3.63) is 108 Å². The SMILES string of the molecule is CN1N=C(c2ccccc2)[C@@H](c2ccccc2)[C@@H]1c1ccccc1. The highest BCUT2D eigenvalue weighted by molar-refractivity contribution is 6.06. The van der Waals surface area contributed by atoms with Gasteiger partial charge in [-0.2, -0.15) is 5.10 Å². The van der Waals surface area contributed by atoms with Crippen molar-refractivity contribution in [3.8, 4) is 0 Å². The van der Waals surface area contributed by atoms with Gasteiger partial charge in [-0.25, -0.2) is 0 Å². The molecule has 0 aliphatic carbocycles. The Hall–Kier alpha value is -2.87. The van der Waals surface area contributed by atoms with Gasteiger partial charge in [-0.05, 0) is 16.7 Å². The van der Waals surface area contributed by atoms with E-state index in [4.69, 9.17) is 5.10 Å². The molecule has 0 saturated carbocycles. The summed E-state index contributed by atoms with van der Waals surface area (Å²) in [5, 5.41) is 7.03. The van der Waals surface area contributed by atoms with Crippen molar-refractivity contribution in [2.24, 2.45) is 5.10 Å². The van der Waals surface area contributed by atoms with Gasteiger partial charge in [-0.3, -0.25) is 5.01 Å². The first kappa shape index (κ1) is 14.7. The van der Waals surface area contributed by atoms with Crippen LogP contribution in [-0.2, 0) is 0 Å². The molecule has 2 nitrogen and oxygen atoms in total. The number of nitrogens with zero attached hydrogens (tertiary/aromatic N) is 2. The Morgan fingerprint density at radius 3 is 1.75 bits per heavy atom. The zero-order valence-electron chi connectivity index (χ0n) is 13.7. The zero-order chi connectivity index (χ0) is 16.4. The molecule has 0 bridgehead atoms. The van der Waals surface area contributed by atoms with Gasteiger partial charge in [0.15, 0.2) is 0 Å². The van der Waals surface area contributed by atoms with E-state index in [-0.39, 0.29) is 12.0 Å². The summed E-state index contributed by atoms with van der Waals surface area (Å²) in [7, 11) is 2.07. The summed E-state index contributed by atoms with van der Waals surface area (Å²) in [6.45, 7) is 0. The summed E-state index contributed by atoms with van der Waals surface area (Å²) in [6.07, 6.45) is 0. The standard InChI is InChI=1S/C22H20N2/c1-24-22(19-15-9-4-10-16-19)20(17-11-5-2-6-12-17)21(23-24)18-13-7-3-8-14-18/h2-16,20,22H,1H3/t20-,22+/m1/s1. The predicted octanol–water partition coefficient (Wildman–Crippen LogP) is 4.86. The maximum absolute atomic E-state index is 4.92. The topological polar surface area (TPSA) is 15.6 Å². The molecule has 2 heteroatoms.